The summed E-state index contributed by atoms with van der Waals surface area (Å²) in [4.78, 5) is 0. The summed E-state index contributed by atoms with van der Waals surface area (Å²) in [5.74, 6) is 0. The predicted octanol–water partition coefficient (Wildman–Crippen LogP) is 8.74. The second-order valence-corrected chi connectivity index (χ2v) is 15.6. The van der Waals surface area contributed by atoms with Gasteiger partial charge < -0.3 is 0 Å². The summed E-state index contributed by atoms with van der Waals surface area (Å²) in [7, 11) is -1.02. The van der Waals surface area contributed by atoms with Crippen LogP contribution in [0.4, 0.5) is 0 Å². The Morgan fingerprint density at radius 2 is 0.378 bits per heavy atom. The molecule has 0 aliphatic heterocycles. The molecule has 0 atom stereocenters. The second-order valence-electron chi connectivity index (χ2n) is 11.4. The molecular weight excluding hydrogens is 625 g/mol. The van der Waals surface area contributed by atoms with Gasteiger partial charge in [0.25, 0.3) is 0 Å². The van der Waals surface area contributed by atoms with E-state index in [0.29, 0.717) is 0 Å². The summed E-state index contributed by atoms with van der Waals surface area (Å²) in [5.41, 5.74) is 8.25. The van der Waals surface area contributed by atoms with Crippen LogP contribution in [0.5, 0.6) is 0 Å². The van der Waals surface area contributed by atoms with E-state index in [9.17, 15) is 0 Å². The van der Waals surface area contributed by atoms with Crippen LogP contribution in [0.3, 0.4) is 0 Å². The molecule has 0 aliphatic rings. The van der Waals surface area contributed by atoms with Crippen molar-refractivity contribution >= 4 is 47.7 Å². The molecular formula is C42H42NiP2. The van der Waals surface area contributed by atoms with Gasteiger partial charge in [-0.2, -0.15) is 0 Å². The molecule has 0 N–H and O–H groups in total. The zero-order valence-electron chi connectivity index (χ0n) is 27.1. The van der Waals surface area contributed by atoms with Crippen molar-refractivity contribution in [2.45, 2.75) is 41.5 Å². The van der Waals surface area contributed by atoms with E-state index in [-0.39, 0.29) is 16.5 Å². The maximum atomic E-state index is 2.29. The fourth-order valence-corrected chi connectivity index (χ4v) is 11.2. The quantitative estimate of drug-likeness (QED) is 0.123. The van der Waals surface area contributed by atoms with Gasteiger partial charge >= 0.3 is 0 Å². The molecule has 6 rings (SSSR count). The van der Waals surface area contributed by atoms with Gasteiger partial charge in [-0.05, 0) is 123 Å². The van der Waals surface area contributed by atoms with Gasteiger partial charge in [0.05, 0.1) is 0 Å². The number of rotatable bonds is 6. The number of aryl methyl sites for hydroxylation is 6. The average Bonchev–Trinajstić information content (AvgIpc) is 3.03. The van der Waals surface area contributed by atoms with Gasteiger partial charge in [0.15, 0.2) is 0 Å². The molecule has 0 spiro atoms. The number of hydrogen-bond donors (Lipinski definition) is 0. The molecule has 0 bridgehead atoms. The van der Waals surface area contributed by atoms with Crippen LogP contribution in [0.15, 0.2) is 146 Å². The molecule has 6 aromatic rings. The van der Waals surface area contributed by atoms with Gasteiger partial charge in [-0.25, -0.2) is 0 Å². The molecule has 0 nitrogen and oxygen atoms in total. The second kappa shape index (κ2) is 16.3. The van der Waals surface area contributed by atoms with Crippen LogP contribution >= 0.6 is 15.8 Å². The van der Waals surface area contributed by atoms with Crippen LogP contribution in [0.25, 0.3) is 0 Å². The molecule has 0 radical (unpaired) electrons. The summed E-state index contributed by atoms with van der Waals surface area (Å²) in [6, 6.07) is 52.8. The third-order valence-electron chi connectivity index (χ3n) is 8.14. The molecule has 0 unspecified atom stereocenters. The molecule has 0 aliphatic carbocycles. The molecule has 6 aromatic carbocycles. The van der Waals surface area contributed by atoms with Crippen molar-refractivity contribution in [1.82, 2.24) is 0 Å². The third kappa shape index (κ3) is 8.10. The first-order valence-corrected chi connectivity index (χ1v) is 18.0. The first kappa shape index (κ1) is 34.5. The van der Waals surface area contributed by atoms with E-state index in [2.05, 4.69) is 187 Å². The van der Waals surface area contributed by atoms with Crippen molar-refractivity contribution in [3.63, 3.8) is 0 Å². The summed E-state index contributed by atoms with van der Waals surface area (Å²) >= 11 is 0. The van der Waals surface area contributed by atoms with Crippen LogP contribution in [0.1, 0.15) is 33.4 Å². The molecule has 230 valence electrons. The molecule has 45 heavy (non-hydrogen) atoms. The fourth-order valence-electron chi connectivity index (χ4n) is 5.66. The SMILES string of the molecule is Cc1ccccc1P(c1ccccc1C)c1ccccc1C.Cc1ccccc1P(c1ccccc1C)c1ccccc1C.[Ni]. The minimum absolute atomic E-state index is 0. The van der Waals surface area contributed by atoms with E-state index in [1.54, 1.807) is 0 Å². The van der Waals surface area contributed by atoms with E-state index in [4.69, 9.17) is 0 Å². The van der Waals surface area contributed by atoms with Gasteiger partial charge in [-0.1, -0.05) is 146 Å². The van der Waals surface area contributed by atoms with E-state index < -0.39 is 15.8 Å². The van der Waals surface area contributed by atoms with Crippen LogP contribution < -0.4 is 31.8 Å². The predicted molar refractivity (Wildman–Crippen MR) is 199 cm³/mol. The molecule has 0 amide bonds. The van der Waals surface area contributed by atoms with Crippen LogP contribution in [0.2, 0.25) is 0 Å². The average molecular weight is 667 g/mol. The minimum atomic E-state index is -0.508. The number of benzene rings is 6. The zero-order valence-corrected chi connectivity index (χ0v) is 29.8. The largest absolute Gasteiger partial charge is 0.0620 e. The molecule has 0 saturated carbocycles. The summed E-state index contributed by atoms with van der Waals surface area (Å²) in [6.45, 7) is 13.3. The Morgan fingerprint density at radius 3 is 0.511 bits per heavy atom. The van der Waals surface area contributed by atoms with Gasteiger partial charge in [0, 0.05) is 16.5 Å². The molecule has 0 saturated heterocycles. The van der Waals surface area contributed by atoms with Crippen molar-refractivity contribution in [2.24, 2.45) is 0 Å². The van der Waals surface area contributed by atoms with Crippen molar-refractivity contribution in [3.8, 4) is 0 Å². The molecule has 0 fully saturated rings. The van der Waals surface area contributed by atoms with E-state index in [1.807, 2.05) is 0 Å². The van der Waals surface area contributed by atoms with Gasteiger partial charge in [0.1, 0.15) is 0 Å². The Kier molecular flexibility index (Phi) is 12.5. The van der Waals surface area contributed by atoms with Crippen LogP contribution in [-0.4, -0.2) is 0 Å². The first-order valence-electron chi connectivity index (χ1n) is 15.3. The van der Waals surface area contributed by atoms with E-state index in [0.717, 1.165) is 0 Å². The Morgan fingerprint density at radius 1 is 0.244 bits per heavy atom. The van der Waals surface area contributed by atoms with Crippen molar-refractivity contribution in [1.29, 1.82) is 0 Å². The molecule has 0 heterocycles. The topological polar surface area (TPSA) is 0 Å². The standard InChI is InChI=1S/2C21H21P.Ni/c2*1-16-10-4-7-13-19(16)22(20-14-8-5-11-17(20)2)21-15-9-6-12-18(21)3;/h2*4-15H,1-3H3;. The van der Waals surface area contributed by atoms with Crippen LogP contribution in [0, 0.1) is 41.5 Å². The monoisotopic (exact) mass is 666 g/mol. The van der Waals surface area contributed by atoms with E-state index >= 15 is 0 Å². The molecule has 3 heteroatoms. The fraction of sp³-hybridized carbons (Fsp3) is 0.143. The zero-order chi connectivity index (χ0) is 31.1. The Bertz CT molecular complexity index is 1510. The first-order chi connectivity index (χ1) is 21.4. The minimum Gasteiger partial charge on any atom is -0.0620 e. The van der Waals surface area contributed by atoms with Crippen LogP contribution in [-0.2, 0) is 16.5 Å². The Balaban J connectivity index is 0.000000200. The van der Waals surface area contributed by atoms with Crippen molar-refractivity contribution in [3.05, 3.63) is 179 Å². The number of hydrogen-bond acceptors (Lipinski definition) is 0. The maximum Gasteiger partial charge on any atom is 0 e. The van der Waals surface area contributed by atoms with Crippen molar-refractivity contribution in [2.75, 3.05) is 0 Å². The maximum absolute atomic E-state index is 2.29. The van der Waals surface area contributed by atoms with E-state index in [1.165, 1.54) is 65.2 Å². The smallest absolute Gasteiger partial charge is 0 e. The summed E-state index contributed by atoms with van der Waals surface area (Å²) < 4.78 is 0. The van der Waals surface area contributed by atoms with Crippen molar-refractivity contribution < 1.29 is 16.5 Å². The summed E-state index contributed by atoms with van der Waals surface area (Å²) in [6.07, 6.45) is 0. The molecule has 0 aromatic heterocycles. The Hall–Kier alpha value is -3.33. The van der Waals surface area contributed by atoms with Gasteiger partial charge in [-0.3, -0.25) is 0 Å². The van der Waals surface area contributed by atoms with Gasteiger partial charge in [0.2, 0.25) is 0 Å². The summed E-state index contributed by atoms with van der Waals surface area (Å²) in [5, 5.41) is 8.76. The third-order valence-corrected chi connectivity index (χ3v) is 14.0. The van der Waals surface area contributed by atoms with Gasteiger partial charge in [-0.15, -0.1) is 0 Å². The normalized spacial score (nSPS) is 10.7. The Labute approximate surface area is 283 Å².